The first-order chi connectivity index (χ1) is 12.9. The van der Waals surface area contributed by atoms with E-state index in [0.29, 0.717) is 12.8 Å². The molecule has 1 spiro atoms. The maximum atomic E-state index is 12.7. The van der Waals surface area contributed by atoms with Crippen LogP contribution in [0.2, 0.25) is 0 Å². The third-order valence-electron chi connectivity index (χ3n) is 5.12. The van der Waals surface area contributed by atoms with E-state index in [0.717, 1.165) is 27.3 Å². The number of benzene rings is 2. The fourth-order valence-electron chi connectivity index (χ4n) is 3.74. The van der Waals surface area contributed by atoms with Crippen LogP contribution in [0, 0.1) is 0 Å². The van der Waals surface area contributed by atoms with Crippen LogP contribution in [0.5, 0.6) is 5.75 Å². The Morgan fingerprint density at radius 2 is 1.59 bits per heavy atom. The molecule has 0 aromatic heterocycles. The number of nitrogens with zero attached hydrogens (tertiary/aromatic N) is 1. The van der Waals surface area contributed by atoms with Gasteiger partial charge in [0.1, 0.15) is 11.4 Å². The molecule has 27 heavy (non-hydrogen) atoms. The number of carbonyl (C=O) groups excluding carboxylic acids is 1. The second-order valence-corrected chi connectivity index (χ2v) is 6.88. The highest BCUT2D eigenvalue weighted by Crippen LogP contribution is 2.43. The minimum atomic E-state index is -4.84. The fourth-order valence-corrected chi connectivity index (χ4v) is 3.74. The summed E-state index contributed by atoms with van der Waals surface area (Å²) in [5.41, 5.74) is 2.29. The molecule has 140 valence electrons. The van der Waals surface area contributed by atoms with Crippen molar-refractivity contribution in [2.75, 3.05) is 13.1 Å². The molecule has 0 atom stereocenters. The Labute approximate surface area is 155 Å². The number of para-hydroxylation sites is 1. The predicted octanol–water partition coefficient (Wildman–Crippen LogP) is 4.43. The molecular weight excluding hydrogens is 355 g/mol. The molecule has 2 aliphatic rings. The number of likely N-dealkylation sites (tertiary alicyclic amines) is 1. The highest BCUT2D eigenvalue weighted by Gasteiger charge is 2.46. The summed E-state index contributed by atoms with van der Waals surface area (Å²) >= 11 is 0. The Morgan fingerprint density at radius 3 is 2.26 bits per heavy atom. The third-order valence-corrected chi connectivity index (χ3v) is 5.12. The Balaban J connectivity index is 1.66. The number of halogens is 3. The van der Waals surface area contributed by atoms with Crippen molar-refractivity contribution in [3.8, 4) is 5.75 Å². The van der Waals surface area contributed by atoms with E-state index in [1.807, 2.05) is 60.7 Å². The molecule has 0 radical (unpaired) electrons. The van der Waals surface area contributed by atoms with Crippen molar-refractivity contribution in [2.45, 2.75) is 24.6 Å². The van der Waals surface area contributed by atoms with E-state index >= 15 is 0 Å². The molecule has 1 saturated heterocycles. The van der Waals surface area contributed by atoms with Crippen LogP contribution < -0.4 is 4.74 Å². The average molecular weight is 373 g/mol. The van der Waals surface area contributed by atoms with Gasteiger partial charge in [0.25, 0.3) is 0 Å². The summed E-state index contributed by atoms with van der Waals surface area (Å²) in [6.07, 6.45) is -2.19. The van der Waals surface area contributed by atoms with Crippen molar-refractivity contribution in [2.24, 2.45) is 0 Å². The number of hydrogen-bond donors (Lipinski definition) is 0. The van der Waals surface area contributed by atoms with Gasteiger partial charge in [-0.05, 0) is 23.3 Å². The lowest BCUT2D eigenvalue weighted by molar-refractivity contribution is -0.187. The smallest absolute Gasteiger partial charge is 0.471 e. The second kappa shape index (κ2) is 6.44. The minimum Gasteiger partial charge on any atom is -0.482 e. The summed E-state index contributed by atoms with van der Waals surface area (Å²) in [4.78, 5) is 12.4. The topological polar surface area (TPSA) is 29.5 Å². The molecule has 0 bridgehead atoms. The van der Waals surface area contributed by atoms with Gasteiger partial charge in [-0.1, -0.05) is 48.5 Å². The molecule has 3 nitrogen and oxygen atoms in total. The van der Waals surface area contributed by atoms with Gasteiger partial charge in [0.2, 0.25) is 0 Å². The van der Waals surface area contributed by atoms with Gasteiger partial charge >= 0.3 is 12.1 Å². The second-order valence-electron chi connectivity index (χ2n) is 6.88. The van der Waals surface area contributed by atoms with Crippen LogP contribution in [-0.4, -0.2) is 35.7 Å². The van der Waals surface area contributed by atoms with E-state index in [1.165, 1.54) is 0 Å². The lowest BCUT2D eigenvalue weighted by Gasteiger charge is -2.43. The summed E-state index contributed by atoms with van der Waals surface area (Å²) < 4.78 is 44.4. The summed E-state index contributed by atoms with van der Waals surface area (Å²) in [6, 6.07) is 17.5. The first-order valence-electron chi connectivity index (χ1n) is 8.81. The summed E-state index contributed by atoms with van der Waals surface area (Å²) in [7, 11) is 0. The van der Waals surface area contributed by atoms with Crippen molar-refractivity contribution in [3.05, 3.63) is 71.8 Å². The Hall–Kier alpha value is -2.76. The minimum absolute atomic E-state index is 0.0130. The summed E-state index contributed by atoms with van der Waals surface area (Å²) in [5, 5.41) is 0. The number of ether oxygens (including phenoxy) is 1. The summed E-state index contributed by atoms with van der Waals surface area (Å²) in [5.74, 6) is -1.06. The first kappa shape index (κ1) is 17.6. The van der Waals surface area contributed by atoms with Crippen LogP contribution >= 0.6 is 0 Å². The zero-order chi connectivity index (χ0) is 19.1. The molecule has 0 unspecified atom stereocenters. The molecule has 2 aliphatic heterocycles. The van der Waals surface area contributed by atoms with E-state index in [4.69, 9.17) is 4.74 Å². The molecule has 2 aromatic rings. The van der Waals surface area contributed by atoms with Gasteiger partial charge < -0.3 is 9.64 Å². The molecule has 6 heteroatoms. The molecule has 2 aromatic carbocycles. The maximum Gasteiger partial charge on any atom is 0.471 e. The van der Waals surface area contributed by atoms with Crippen LogP contribution in [0.25, 0.3) is 5.57 Å². The van der Waals surface area contributed by atoms with Crippen LogP contribution in [0.1, 0.15) is 24.0 Å². The molecule has 1 amide bonds. The van der Waals surface area contributed by atoms with Gasteiger partial charge in [-0.3, -0.25) is 4.79 Å². The van der Waals surface area contributed by atoms with Gasteiger partial charge in [-0.25, -0.2) is 0 Å². The number of rotatable bonds is 1. The van der Waals surface area contributed by atoms with E-state index in [9.17, 15) is 18.0 Å². The lowest BCUT2D eigenvalue weighted by atomic mass is 9.83. The molecule has 2 heterocycles. The number of carbonyl (C=O) groups is 1. The van der Waals surface area contributed by atoms with Crippen molar-refractivity contribution in [3.63, 3.8) is 0 Å². The van der Waals surface area contributed by atoms with Crippen molar-refractivity contribution >= 4 is 11.5 Å². The molecule has 0 N–H and O–H groups in total. The maximum absolute atomic E-state index is 12.7. The lowest BCUT2D eigenvalue weighted by Crippen LogP contribution is -2.52. The van der Waals surface area contributed by atoms with Gasteiger partial charge in [0, 0.05) is 31.5 Å². The molecule has 4 rings (SSSR count). The average Bonchev–Trinajstić information content (AvgIpc) is 2.67. The van der Waals surface area contributed by atoms with Gasteiger partial charge in [-0.2, -0.15) is 13.2 Å². The normalized spacial score (nSPS) is 18.5. The van der Waals surface area contributed by atoms with Crippen molar-refractivity contribution < 1.29 is 22.7 Å². The van der Waals surface area contributed by atoms with Crippen LogP contribution in [0.15, 0.2) is 60.7 Å². The SMILES string of the molecule is O=C(N1CCC2(C=C(c3ccccc3)c3ccccc3O2)CC1)C(F)(F)F. The molecule has 0 saturated carbocycles. The van der Waals surface area contributed by atoms with Gasteiger partial charge in [0.05, 0.1) is 0 Å². The summed E-state index contributed by atoms with van der Waals surface area (Å²) in [6.45, 7) is 0.0260. The number of fused-ring (bicyclic) bond motifs is 1. The zero-order valence-electron chi connectivity index (χ0n) is 14.5. The van der Waals surface area contributed by atoms with Crippen molar-refractivity contribution in [1.29, 1.82) is 0 Å². The molecular formula is C21H18F3NO2. The van der Waals surface area contributed by atoms with Crippen LogP contribution in [0.3, 0.4) is 0 Å². The van der Waals surface area contributed by atoms with Gasteiger partial charge in [0.15, 0.2) is 0 Å². The van der Waals surface area contributed by atoms with Gasteiger partial charge in [-0.15, -0.1) is 0 Å². The quantitative estimate of drug-likeness (QED) is 0.740. The van der Waals surface area contributed by atoms with Crippen LogP contribution in [0.4, 0.5) is 13.2 Å². The standard InChI is InChI=1S/C21H18F3NO2/c22-21(23,24)19(26)25-12-10-20(11-13-25)14-17(15-6-2-1-3-7-15)16-8-4-5-9-18(16)27-20/h1-9,14H,10-13H2. The number of alkyl halides is 3. The number of piperidine rings is 1. The van der Waals surface area contributed by atoms with E-state index in [-0.39, 0.29) is 13.1 Å². The highest BCUT2D eigenvalue weighted by atomic mass is 19.4. The van der Waals surface area contributed by atoms with E-state index in [1.54, 1.807) is 0 Å². The number of amides is 1. The van der Waals surface area contributed by atoms with Crippen molar-refractivity contribution in [1.82, 2.24) is 4.90 Å². The Kier molecular flexibility index (Phi) is 4.21. The molecule has 0 aliphatic carbocycles. The Morgan fingerprint density at radius 1 is 0.963 bits per heavy atom. The third kappa shape index (κ3) is 3.31. The first-order valence-corrected chi connectivity index (χ1v) is 8.81. The Bertz CT molecular complexity index is 882. The number of hydrogen-bond acceptors (Lipinski definition) is 2. The van der Waals surface area contributed by atoms with Crippen LogP contribution in [-0.2, 0) is 4.79 Å². The van der Waals surface area contributed by atoms with E-state index in [2.05, 4.69) is 0 Å². The highest BCUT2D eigenvalue weighted by molar-refractivity contribution is 5.85. The fraction of sp³-hybridized carbons (Fsp3) is 0.286. The predicted molar refractivity (Wildman–Crippen MR) is 95.2 cm³/mol. The molecule has 1 fully saturated rings. The largest absolute Gasteiger partial charge is 0.482 e. The zero-order valence-corrected chi connectivity index (χ0v) is 14.5. The monoisotopic (exact) mass is 373 g/mol. The van der Waals surface area contributed by atoms with E-state index < -0.39 is 17.7 Å².